The number of amides is 1. The van der Waals surface area contributed by atoms with Crippen molar-refractivity contribution in [3.63, 3.8) is 0 Å². The molecule has 1 amide bonds. The number of aromatic nitrogens is 1. The maximum Gasteiger partial charge on any atom is 0.229 e. The lowest BCUT2D eigenvalue weighted by molar-refractivity contribution is -0.131. The highest BCUT2D eigenvalue weighted by molar-refractivity contribution is 7.09. The molecule has 128 valence electrons. The third-order valence-corrected chi connectivity index (χ3v) is 4.96. The molecule has 0 saturated heterocycles. The second-order valence-corrected chi connectivity index (χ2v) is 7.03. The van der Waals surface area contributed by atoms with E-state index in [1.807, 2.05) is 35.4 Å². The molecule has 3 rings (SSSR count). The Morgan fingerprint density at radius 2 is 2.12 bits per heavy atom. The first-order valence-electron chi connectivity index (χ1n) is 8.02. The molecule has 0 bridgehead atoms. The van der Waals surface area contributed by atoms with E-state index in [-0.39, 0.29) is 5.91 Å². The van der Waals surface area contributed by atoms with Crippen LogP contribution in [0.2, 0.25) is 0 Å². The van der Waals surface area contributed by atoms with Crippen molar-refractivity contribution < 1.29 is 14.3 Å². The Morgan fingerprint density at radius 1 is 1.33 bits per heavy atom. The number of carbonyl (C=O) groups is 1. The van der Waals surface area contributed by atoms with Gasteiger partial charge in [0.1, 0.15) is 11.5 Å². The normalized spacial score (nSPS) is 13.6. The molecule has 0 N–H and O–H groups in total. The van der Waals surface area contributed by atoms with Gasteiger partial charge in [0.2, 0.25) is 5.91 Å². The minimum absolute atomic E-state index is 0.118. The van der Waals surface area contributed by atoms with Crippen LogP contribution < -0.4 is 9.47 Å². The highest BCUT2D eigenvalue weighted by atomic mass is 32.1. The van der Waals surface area contributed by atoms with Crippen LogP contribution in [-0.4, -0.2) is 36.1 Å². The summed E-state index contributed by atoms with van der Waals surface area (Å²) in [7, 11) is 3.28. The lowest BCUT2D eigenvalue weighted by Crippen LogP contribution is -2.34. The monoisotopic (exact) mass is 346 g/mol. The van der Waals surface area contributed by atoms with Crippen LogP contribution in [-0.2, 0) is 17.8 Å². The summed E-state index contributed by atoms with van der Waals surface area (Å²) in [6, 6.07) is 6.01. The van der Waals surface area contributed by atoms with Crippen molar-refractivity contribution in [3.05, 3.63) is 39.8 Å². The van der Waals surface area contributed by atoms with Gasteiger partial charge in [-0.1, -0.05) is 0 Å². The Morgan fingerprint density at radius 3 is 2.71 bits per heavy atom. The molecule has 2 aromatic rings. The number of thiazole rings is 1. The second-order valence-electron chi connectivity index (χ2n) is 5.97. The first-order valence-corrected chi connectivity index (χ1v) is 8.90. The van der Waals surface area contributed by atoms with Crippen LogP contribution in [0.25, 0.3) is 0 Å². The molecule has 1 heterocycles. The number of benzene rings is 1. The minimum Gasteiger partial charge on any atom is -0.497 e. The van der Waals surface area contributed by atoms with Gasteiger partial charge < -0.3 is 14.4 Å². The molecule has 1 aliphatic carbocycles. The standard InChI is InChI=1S/C18H22N2O3S/c1-12-19-14(11-24-12)9-18(21)20(15-4-5-15)10-13-8-16(22-2)6-7-17(13)23-3/h6-8,11,15H,4-5,9-10H2,1-3H3. The molecule has 0 unspecified atom stereocenters. The van der Waals surface area contributed by atoms with Gasteiger partial charge in [-0.15, -0.1) is 11.3 Å². The van der Waals surface area contributed by atoms with E-state index in [1.165, 1.54) is 0 Å². The van der Waals surface area contributed by atoms with Crippen molar-refractivity contribution in [1.82, 2.24) is 9.88 Å². The van der Waals surface area contributed by atoms with Gasteiger partial charge >= 0.3 is 0 Å². The van der Waals surface area contributed by atoms with Crippen LogP contribution in [0.3, 0.4) is 0 Å². The summed E-state index contributed by atoms with van der Waals surface area (Å²) < 4.78 is 10.7. The Labute approximate surface area is 146 Å². The number of carbonyl (C=O) groups excluding carboxylic acids is 1. The molecule has 1 fully saturated rings. The van der Waals surface area contributed by atoms with Crippen LogP contribution in [0, 0.1) is 6.92 Å². The number of methoxy groups -OCH3 is 2. The fraction of sp³-hybridized carbons (Fsp3) is 0.444. The lowest BCUT2D eigenvalue weighted by Gasteiger charge is -2.23. The van der Waals surface area contributed by atoms with Crippen LogP contribution in [0.5, 0.6) is 11.5 Å². The molecule has 5 nitrogen and oxygen atoms in total. The molecule has 0 atom stereocenters. The summed E-state index contributed by atoms with van der Waals surface area (Å²) in [6.07, 6.45) is 2.48. The van der Waals surface area contributed by atoms with E-state index in [0.29, 0.717) is 19.0 Å². The number of hydrogen-bond acceptors (Lipinski definition) is 5. The summed E-state index contributed by atoms with van der Waals surface area (Å²) in [4.78, 5) is 19.1. The van der Waals surface area contributed by atoms with E-state index in [9.17, 15) is 4.79 Å². The van der Waals surface area contributed by atoms with Gasteiger partial charge in [0, 0.05) is 23.5 Å². The van der Waals surface area contributed by atoms with Crippen molar-refractivity contribution in [3.8, 4) is 11.5 Å². The molecule has 0 radical (unpaired) electrons. The van der Waals surface area contributed by atoms with E-state index in [2.05, 4.69) is 4.98 Å². The summed E-state index contributed by atoms with van der Waals surface area (Å²) in [5.74, 6) is 1.66. The maximum absolute atomic E-state index is 12.8. The summed E-state index contributed by atoms with van der Waals surface area (Å²) in [5, 5.41) is 2.95. The van der Waals surface area contributed by atoms with Gasteiger partial charge in [0.25, 0.3) is 0 Å². The topological polar surface area (TPSA) is 51.7 Å². The van der Waals surface area contributed by atoms with Gasteiger partial charge in [0.15, 0.2) is 0 Å². The van der Waals surface area contributed by atoms with Gasteiger partial charge in [-0.25, -0.2) is 4.98 Å². The summed E-state index contributed by atoms with van der Waals surface area (Å²) in [6.45, 7) is 2.49. The maximum atomic E-state index is 12.8. The second kappa shape index (κ2) is 7.21. The Bertz CT molecular complexity index is 725. The van der Waals surface area contributed by atoms with Gasteiger partial charge in [-0.05, 0) is 38.0 Å². The molecule has 1 aromatic carbocycles. The van der Waals surface area contributed by atoms with Crippen LogP contribution in [0.4, 0.5) is 0 Å². The Balaban J connectivity index is 1.78. The molecule has 24 heavy (non-hydrogen) atoms. The zero-order chi connectivity index (χ0) is 17.1. The van der Waals surface area contributed by atoms with Crippen molar-refractivity contribution in [1.29, 1.82) is 0 Å². The molecular weight excluding hydrogens is 324 g/mol. The van der Waals surface area contributed by atoms with E-state index >= 15 is 0 Å². The summed E-state index contributed by atoms with van der Waals surface area (Å²) in [5.41, 5.74) is 1.82. The van der Waals surface area contributed by atoms with E-state index in [4.69, 9.17) is 9.47 Å². The Kier molecular flexibility index (Phi) is 5.04. The molecule has 1 aliphatic rings. The molecule has 0 spiro atoms. The van der Waals surface area contributed by atoms with Crippen molar-refractivity contribution in [2.24, 2.45) is 0 Å². The SMILES string of the molecule is COc1ccc(OC)c(CN(C(=O)Cc2csc(C)n2)C2CC2)c1. The number of nitrogens with zero attached hydrogens (tertiary/aromatic N) is 2. The first-order chi connectivity index (χ1) is 11.6. The van der Waals surface area contributed by atoms with Gasteiger partial charge in [0.05, 0.1) is 31.3 Å². The lowest BCUT2D eigenvalue weighted by atomic mass is 10.1. The predicted molar refractivity (Wildman–Crippen MR) is 93.7 cm³/mol. The van der Waals surface area contributed by atoms with Gasteiger partial charge in [-0.3, -0.25) is 4.79 Å². The van der Waals surface area contributed by atoms with Crippen LogP contribution in [0.15, 0.2) is 23.6 Å². The largest absolute Gasteiger partial charge is 0.497 e. The minimum atomic E-state index is 0.118. The van der Waals surface area contributed by atoms with E-state index < -0.39 is 0 Å². The first kappa shape index (κ1) is 16.8. The van der Waals surface area contributed by atoms with E-state index in [1.54, 1.807) is 25.6 Å². The number of hydrogen-bond donors (Lipinski definition) is 0. The van der Waals surface area contributed by atoms with Crippen LogP contribution >= 0.6 is 11.3 Å². The molecule has 0 aliphatic heterocycles. The molecule has 6 heteroatoms. The highest BCUT2D eigenvalue weighted by Gasteiger charge is 2.33. The third-order valence-electron chi connectivity index (χ3n) is 4.14. The molecular formula is C18H22N2O3S. The quantitative estimate of drug-likeness (QED) is 0.772. The highest BCUT2D eigenvalue weighted by Crippen LogP contribution is 2.32. The predicted octanol–water partition coefficient (Wildman–Crippen LogP) is 3.20. The Hall–Kier alpha value is -2.08. The average Bonchev–Trinajstić information content (AvgIpc) is 3.34. The van der Waals surface area contributed by atoms with Crippen molar-refractivity contribution in [2.75, 3.05) is 14.2 Å². The molecule has 1 saturated carbocycles. The van der Waals surface area contributed by atoms with Crippen molar-refractivity contribution >= 4 is 17.2 Å². The van der Waals surface area contributed by atoms with Crippen molar-refractivity contribution in [2.45, 2.75) is 38.8 Å². The summed E-state index contributed by atoms with van der Waals surface area (Å²) >= 11 is 1.58. The van der Waals surface area contributed by atoms with Gasteiger partial charge in [-0.2, -0.15) is 0 Å². The smallest absolute Gasteiger partial charge is 0.229 e. The number of rotatable bonds is 7. The fourth-order valence-electron chi connectivity index (χ4n) is 2.74. The zero-order valence-corrected chi connectivity index (χ0v) is 15.1. The van der Waals surface area contributed by atoms with E-state index in [0.717, 1.165) is 40.6 Å². The fourth-order valence-corrected chi connectivity index (χ4v) is 3.35. The third kappa shape index (κ3) is 3.87. The number of aryl methyl sites for hydroxylation is 1. The van der Waals surface area contributed by atoms with Crippen LogP contribution in [0.1, 0.15) is 29.1 Å². The zero-order valence-electron chi connectivity index (χ0n) is 14.2. The number of ether oxygens (including phenoxy) is 2. The molecule has 1 aromatic heterocycles. The average molecular weight is 346 g/mol.